The standard InChI is InChI=1S/C13H12N4O2S/c18-12-7-20-10-2-1-8(5-9(10)17-12)13(19)16-6-11-14-3-4-15-11/h1-5H,6-7H2,(H,14,15)(H,16,19)(H,17,18). The van der Waals surface area contributed by atoms with Crippen molar-refractivity contribution in [2.24, 2.45) is 0 Å². The van der Waals surface area contributed by atoms with Crippen LogP contribution >= 0.6 is 11.8 Å². The molecule has 2 aromatic rings. The third-order valence-corrected chi connectivity index (χ3v) is 3.92. The highest BCUT2D eigenvalue weighted by atomic mass is 32.2. The predicted molar refractivity (Wildman–Crippen MR) is 75.6 cm³/mol. The molecule has 102 valence electrons. The van der Waals surface area contributed by atoms with Crippen molar-refractivity contribution in [1.29, 1.82) is 0 Å². The molecule has 1 aliphatic rings. The molecule has 3 rings (SSSR count). The lowest BCUT2D eigenvalue weighted by Crippen LogP contribution is -2.24. The van der Waals surface area contributed by atoms with Crippen LogP contribution < -0.4 is 10.6 Å². The van der Waals surface area contributed by atoms with E-state index in [0.717, 1.165) is 4.90 Å². The molecule has 1 aliphatic heterocycles. The molecule has 0 unspecified atom stereocenters. The molecule has 0 aliphatic carbocycles. The van der Waals surface area contributed by atoms with Crippen molar-refractivity contribution < 1.29 is 9.59 Å². The highest BCUT2D eigenvalue weighted by Gasteiger charge is 2.17. The zero-order valence-corrected chi connectivity index (χ0v) is 11.3. The van der Waals surface area contributed by atoms with Crippen molar-refractivity contribution in [2.45, 2.75) is 11.4 Å². The van der Waals surface area contributed by atoms with Gasteiger partial charge >= 0.3 is 0 Å². The number of hydrogen-bond donors (Lipinski definition) is 3. The highest BCUT2D eigenvalue weighted by Crippen LogP contribution is 2.31. The number of H-pyrrole nitrogens is 1. The summed E-state index contributed by atoms with van der Waals surface area (Å²) in [7, 11) is 0. The Morgan fingerprint density at radius 2 is 2.35 bits per heavy atom. The van der Waals surface area contributed by atoms with Gasteiger partial charge in [0.2, 0.25) is 5.91 Å². The van der Waals surface area contributed by atoms with E-state index in [1.165, 1.54) is 11.8 Å². The van der Waals surface area contributed by atoms with E-state index < -0.39 is 0 Å². The SMILES string of the molecule is O=C1CSc2ccc(C(=O)NCc3ncc[nH]3)cc2N1. The summed E-state index contributed by atoms with van der Waals surface area (Å²) in [6.45, 7) is 0.337. The molecule has 0 fully saturated rings. The van der Waals surface area contributed by atoms with Crippen molar-refractivity contribution in [1.82, 2.24) is 15.3 Å². The van der Waals surface area contributed by atoms with Crippen molar-refractivity contribution in [3.8, 4) is 0 Å². The van der Waals surface area contributed by atoms with Crippen LogP contribution in [0.2, 0.25) is 0 Å². The summed E-state index contributed by atoms with van der Waals surface area (Å²) in [6, 6.07) is 5.29. The number of anilines is 1. The Labute approximate surface area is 119 Å². The smallest absolute Gasteiger partial charge is 0.251 e. The van der Waals surface area contributed by atoms with Gasteiger partial charge in [0.05, 0.1) is 18.0 Å². The van der Waals surface area contributed by atoms with Gasteiger partial charge in [0, 0.05) is 22.9 Å². The number of aromatic nitrogens is 2. The number of aromatic amines is 1. The monoisotopic (exact) mass is 288 g/mol. The van der Waals surface area contributed by atoms with Crippen LogP contribution in [0.4, 0.5) is 5.69 Å². The third-order valence-electron chi connectivity index (χ3n) is 2.85. The van der Waals surface area contributed by atoms with Crippen molar-refractivity contribution in [3.05, 3.63) is 42.0 Å². The fourth-order valence-electron chi connectivity index (χ4n) is 1.89. The summed E-state index contributed by atoms with van der Waals surface area (Å²) >= 11 is 1.47. The molecule has 0 saturated carbocycles. The molecular formula is C13H12N4O2S. The molecule has 20 heavy (non-hydrogen) atoms. The maximum Gasteiger partial charge on any atom is 0.251 e. The van der Waals surface area contributed by atoms with Gasteiger partial charge in [-0.25, -0.2) is 4.98 Å². The van der Waals surface area contributed by atoms with Gasteiger partial charge in [0.1, 0.15) is 5.82 Å². The first-order valence-electron chi connectivity index (χ1n) is 6.05. The average Bonchev–Trinajstić information content (AvgIpc) is 2.97. The largest absolute Gasteiger partial charge is 0.347 e. The zero-order chi connectivity index (χ0) is 13.9. The van der Waals surface area contributed by atoms with Crippen molar-refractivity contribution >= 4 is 29.3 Å². The molecule has 2 heterocycles. The van der Waals surface area contributed by atoms with Gasteiger partial charge in [-0.05, 0) is 18.2 Å². The highest BCUT2D eigenvalue weighted by molar-refractivity contribution is 8.00. The number of rotatable bonds is 3. The van der Waals surface area contributed by atoms with E-state index in [1.807, 2.05) is 6.07 Å². The number of nitrogens with zero attached hydrogens (tertiary/aromatic N) is 1. The first-order valence-corrected chi connectivity index (χ1v) is 7.04. The second kappa shape index (κ2) is 5.38. The number of hydrogen-bond acceptors (Lipinski definition) is 4. The van der Waals surface area contributed by atoms with Gasteiger partial charge in [0.25, 0.3) is 5.91 Å². The lowest BCUT2D eigenvalue weighted by molar-refractivity contribution is -0.113. The summed E-state index contributed by atoms with van der Waals surface area (Å²) in [5.74, 6) is 0.863. The van der Waals surface area contributed by atoms with E-state index in [4.69, 9.17) is 0 Å². The predicted octanol–water partition coefficient (Wildman–Crippen LogP) is 1.38. The number of carbonyl (C=O) groups excluding carboxylic acids is 2. The maximum atomic E-state index is 12.0. The summed E-state index contributed by atoms with van der Waals surface area (Å²) in [5, 5.41) is 5.53. The molecule has 0 spiro atoms. The Morgan fingerprint density at radius 1 is 1.45 bits per heavy atom. The van der Waals surface area contributed by atoms with E-state index in [0.29, 0.717) is 29.4 Å². The Morgan fingerprint density at radius 3 is 3.15 bits per heavy atom. The molecule has 1 aromatic heterocycles. The maximum absolute atomic E-state index is 12.0. The van der Waals surface area contributed by atoms with Gasteiger partial charge < -0.3 is 15.6 Å². The minimum Gasteiger partial charge on any atom is -0.347 e. The second-order valence-electron chi connectivity index (χ2n) is 4.27. The Hall–Kier alpha value is -2.28. The summed E-state index contributed by atoms with van der Waals surface area (Å²) in [4.78, 5) is 31.3. The fourth-order valence-corrected chi connectivity index (χ4v) is 2.67. The van der Waals surface area contributed by atoms with Gasteiger partial charge in [-0.1, -0.05) is 0 Å². The van der Waals surface area contributed by atoms with Gasteiger partial charge in [-0.15, -0.1) is 11.8 Å². The summed E-state index contributed by atoms with van der Waals surface area (Å²) in [5.41, 5.74) is 1.20. The first kappa shape index (κ1) is 12.7. The van der Waals surface area contributed by atoms with E-state index in [2.05, 4.69) is 20.6 Å². The average molecular weight is 288 g/mol. The number of fused-ring (bicyclic) bond motifs is 1. The van der Waals surface area contributed by atoms with Crippen LogP contribution in [0.15, 0.2) is 35.5 Å². The molecule has 2 amide bonds. The minimum absolute atomic E-state index is 0.0457. The molecule has 3 N–H and O–H groups in total. The van der Waals surface area contributed by atoms with E-state index in [1.54, 1.807) is 24.5 Å². The molecular weight excluding hydrogens is 276 g/mol. The molecule has 6 nitrogen and oxygen atoms in total. The molecule has 0 atom stereocenters. The van der Waals surface area contributed by atoms with Crippen LogP contribution in [0.3, 0.4) is 0 Å². The Balaban J connectivity index is 1.72. The lowest BCUT2D eigenvalue weighted by Gasteiger charge is -2.16. The normalized spacial score (nSPS) is 13.5. The lowest BCUT2D eigenvalue weighted by atomic mass is 10.2. The number of benzene rings is 1. The topological polar surface area (TPSA) is 86.9 Å². The number of carbonyl (C=O) groups is 2. The Bertz CT molecular complexity index is 654. The van der Waals surface area contributed by atoms with Gasteiger partial charge in [0.15, 0.2) is 0 Å². The van der Waals surface area contributed by atoms with E-state index in [-0.39, 0.29) is 11.8 Å². The number of thioether (sulfide) groups is 1. The van der Waals surface area contributed by atoms with Gasteiger partial charge in [-0.2, -0.15) is 0 Å². The summed E-state index contributed by atoms with van der Waals surface area (Å²) < 4.78 is 0. The second-order valence-corrected chi connectivity index (χ2v) is 5.28. The van der Waals surface area contributed by atoms with Crippen LogP contribution in [0, 0.1) is 0 Å². The molecule has 0 radical (unpaired) electrons. The van der Waals surface area contributed by atoms with Crippen LogP contribution in [0.25, 0.3) is 0 Å². The van der Waals surface area contributed by atoms with Gasteiger partial charge in [-0.3, -0.25) is 9.59 Å². The minimum atomic E-state index is -0.200. The molecule has 0 bridgehead atoms. The van der Waals surface area contributed by atoms with Crippen LogP contribution in [0.5, 0.6) is 0 Å². The van der Waals surface area contributed by atoms with Crippen LogP contribution in [-0.4, -0.2) is 27.5 Å². The quantitative estimate of drug-likeness (QED) is 0.796. The number of nitrogens with one attached hydrogen (secondary N) is 3. The van der Waals surface area contributed by atoms with E-state index in [9.17, 15) is 9.59 Å². The summed E-state index contributed by atoms with van der Waals surface area (Å²) in [6.07, 6.45) is 3.33. The van der Waals surface area contributed by atoms with E-state index >= 15 is 0 Å². The Kier molecular flexibility index (Phi) is 3.42. The van der Waals surface area contributed by atoms with Crippen molar-refractivity contribution in [2.75, 3.05) is 11.1 Å². The molecule has 0 saturated heterocycles. The zero-order valence-electron chi connectivity index (χ0n) is 10.5. The number of amides is 2. The van der Waals surface area contributed by atoms with Crippen molar-refractivity contribution in [3.63, 3.8) is 0 Å². The first-order chi connectivity index (χ1) is 9.72. The fraction of sp³-hybridized carbons (Fsp3) is 0.154. The van der Waals surface area contributed by atoms with Crippen LogP contribution in [-0.2, 0) is 11.3 Å². The third kappa shape index (κ3) is 2.67. The molecule has 7 heteroatoms. The van der Waals surface area contributed by atoms with Crippen LogP contribution in [0.1, 0.15) is 16.2 Å². The number of imidazole rings is 1. The molecule has 1 aromatic carbocycles.